The van der Waals surface area contributed by atoms with E-state index in [1.165, 1.54) is 4.90 Å². The number of ketones is 1. The molecule has 21 heavy (non-hydrogen) atoms. The van der Waals surface area contributed by atoms with Gasteiger partial charge in [-0.25, -0.2) is 0 Å². The highest BCUT2D eigenvalue weighted by Crippen LogP contribution is 2.24. The average molecular weight is 367 g/mol. The molecule has 112 valence electrons. The first-order valence-electron chi connectivity index (χ1n) is 7.02. The Morgan fingerprint density at radius 2 is 1.95 bits per heavy atom. The standard InChI is InChI=1S/C16H19BrN2OS/c1-4-13-16(17)14(19(5-2)18-13)10-15(20)11-6-8-12(21-3)9-7-11/h6-9H,4-5,10H2,1-3H3. The number of halogens is 1. The van der Waals surface area contributed by atoms with Crippen LogP contribution in [0.15, 0.2) is 33.6 Å². The van der Waals surface area contributed by atoms with Gasteiger partial charge in [0.25, 0.3) is 0 Å². The molecule has 0 amide bonds. The Balaban J connectivity index is 2.24. The molecule has 1 aromatic carbocycles. The molecule has 0 atom stereocenters. The Bertz CT molecular complexity index is 634. The van der Waals surface area contributed by atoms with Crippen LogP contribution in [0.1, 0.15) is 35.6 Å². The number of hydrogen-bond donors (Lipinski definition) is 0. The minimum absolute atomic E-state index is 0.126. The Morgan fingerprint density at radius 1 is 1.29 bits per heavy atom. The fourth-order valence-corrected chi connectivity index (χ4v) is 3.33. The quantitative estimate of drug-likeness (QED) is 0.562. The van der Waals surface area contributed by atoms with Crippen molar-refractivity contribution in [2.24, 2.45) is 0 Å². The summed E-state index contributed by atoms with van der Waals surface area (Å²) in [6.45, 7) is 4.88. The summed E-state index contributed by atoms with van der Waals surface area (Å²) in [4.78, 5) is 13.6. The van der Waals surface area contributed by atoms with Crippen molar-refractivity contribution in [1.29, 1.82) is 0 Å². The number of carbonyl (C=O) groups is 1. The minimum Gasteiger partial charge on any atom is -0.294 e. The van der Waals surface area contributed by atoms with Crippen LogP contribution in [-0.2, 0) is 19.4 Å². The van der Waals surface area contributed by atoms with Crippen LogP contribution in [-0.4, -0.2) is 21.8 Å². The van der Waals surface area contributed by atoms with E-state index in [9.17, 15) is 4.79 Å². The maximum Gasteiger partial charge on any atom is 0.168 e. The summed E-state index contributed by atoms with van der Waals surface area (Å²) in [5, 5.41) is 4.54. The Hall–Kier alpha value is -1.07. The van der Waals surface area contributed by atoms with Gasteiger partial charge in [-0.2, -0.15) is 5.10 Å². The zero-order chi connectivity index (χ0) is 15.4. The molecule has 0 N–H and O–H groups in total. The van der Waals surface area contributed by atoms with Crippen molar-refractivity contribution in [2.75, 3.05) is 6.26 Å². The molecule has 5 heteroatoms. The normalized spacial score (nSPS) is 10.9. The molecule has 0 saturated carbocycles. The first-order chi connectivity index (χ1) is 10.1. The molecule has 0 spiro atoms. The molecular formula is C16H19BrN2OS. The number of nitrogens with zero attached hydrogens (tertiary/aromatic N) is 2. The molecule has 0 saturated heterocycles. The van der Waals surface area contributed by atoms with Crippen molar-refractivity contribution in [3.05, 3.63) is 45.7 Å². The van der Waals surface area contributed by atoms with E-state index < -0.39 is 0 Å². The summed E-state index contributed by atoms with van der Waals surface area (Å²) < 4.78 is 2.89. The summed E-state index contributed by atoms with van der Waals surface area (Å²) in [5.41, 5.74) is 2.73. The summed E-state index contributed by atoms with van der Waals surface area (Å²) in [6.07, 6.45) is 3.26. The molecule has 1 aromatic heterocycles. The zero-order valence-electron chi connectivity index (χ0n) is 12.5. The number of rotatable bonds is 6. The average Bonchev–Trinajstić information content (AvgIpc) is 2.83. The Morgan fingerprint density at radius 3 is 2.48 bits per heavy atom. The molecule has 0 radical (unpaired) electrons. The van der Waals surface area contributed by atoms with Gasteiger partial charge in [0, 0.05) is 17.0 Å². The predicted octanol–water partition coefficient (Wildman–Crippen LogP) is 4.38. The van der Waals surface area contributed by atoms with Gasteiger partial charge in [-0.15, -0.1) is 11.8 Å². The number of thioether (sulfide) groups is 1. The van der Waals surface area contributed by atoms with E-state index in [-0.39, 0.29) is 5.78 Å². The van der Waals surface area contributed by atoms with Crippen molar-refractivity contribution in [3.8, 4) is 0 Å². The maximum absolute atomic E-state index is 12.5. The SMILES string of the molecule is CCc1nn(CC)c(CC(=O)c2ccc(SC)cc2)c1Br. The fraction of sp³-hybridized carbons (Fsp3) is 0.375. The van der Waals surface area contributed by atoms with Gasteiger partial charge >= 0.3 is 0 Å². The molecule has 3 nitrogen and oxygen atoms in total. The molecule has 0 aliphatic carbocycles. The molecule has 0 aliphatic rings. The second-order valence-electron chi connectivity index (χ2n) is 4.71. The highest BCUT2D eigenvalue weighted by atomic mass is 79.9. The highest BCUT2D eigenvalue weighted by Gasteiger charge is 2.17. The first-order valence-corrected chi connectivity index (χ1v) is 9.03. The van der Waals surface area contributed by atoms with Gasteiger partial charge in [-0.1, -0.05) is 19.1 Å². The summed E-state index contributed by atoms with van der Waals surface area (Å²) in [5.74, 6) is 0.126. The Labute approximate surface area is 138 Å². The van der Waals surface area contributed by atoms with E-state index in [1.807, 2.05) is 42.1 Å². The predicted molar refractivity (Wildman–Crippen MR) is 91.2 cm³/mol. The van der Waals surface area contributed by atoms with Crippen molar-refractivity contribution in [1.82, 2.24) is 9.78 Å². The van der Waals surface area contributed by atoms with Crippen molar-refractivity contribution >= 4 is 33.5 Å². The largest absolute Gasteiger partial charge is 0.294 e. The van der Waals surface area contributed by atoms with Crippen molar-refractivity contribution in [2.45, 2.75) is 38.1 Å². The maximum atomic E-state index is 12.5. The van der Waals surface area contributed by atoms with Crippen LogP contribution in [0.25, 0.3) is 0 Å². The van der Waals surface area contributed by atoms with Gasteiger partial charge in [0.2, 0.25) is 0 Å². The fourth-order valence-electron chi connectivity index (χ4n) is 2.22. The third-order valence-corrected chi connectivity index (χ3v) is 5.09. The van der Waals surface area contributed by atoms with Crippen molar-refractivity contribution < 1.29 is 4.79 Å². The smallest absolute Gasteiger partial charge is 0.168 e. The van der Waals surface area contributed by atoms with Gasteiger partial charge < -0.3 is 0 Å². The second-order valence-corrected chi connectivity index (χ2v) is 6.38. The summed E-state index contributed by atoms with van der Waals surface area (Å²) in [7, 11) is 0. The summed E-state index contributed by atoms with van der Waals surface area (Å²) >= 11 is 5.26. The lowest BCUT2D eigenvalue weighted by atomic mass is 10.1. The van der Waals surface area contributed by atoms with Crippen molar-refractivity contribution in [3.63, 3.8) is 0 Å². The van der Waals surface area contributed by atoms with Crippen LogP contribution in [0.3, 0.4) is 0 Å². The third-order valence-electron chi connectivity index (χ3n) is 3.43. The van der Waals surface area contributed by atoms with Gasteiger partial charge in [0.05, 0.1) is 22.3 Å². The monoisotopic (exact) mass is 366 g/mol. The van der Waals surface area contributed by atoms with Gasteiger partial charge in [-0.3, -0.25) is 9.48 Å². The molecule has 0 aliphatic heterocycles. The number of benzene rings is 1. The highest BCUT2D eigenvalue weighted by molar-refractivity contribution is 9.10. The lowest BCUT2D eigenvalue weighted by Crippen LogP contribution is -2.10. The van der Waals surface area contributed by atoms with Gasteiger partial charge in [0.1, 0.15) is 0 Å². The number of aryl methyl sites for hydroxylation is 2. The van der Waals surface area contributed by atoms with Crippen LogP contribution >= 0.6 is 27.7 Å². The van der Waals surface area contributed by atoms with Gasteiger partial charge in [0.15, 0.2) is 5.78 Å². The van der Waals surface area contributed by atoms with E-state index in [4.69, 9.17) is 0 Å². The molecule has 2 aromatic rings. The molecule has 1 heterocycles. The number of aromatic nitrogens is 2. The molecule has 0 fully saturated rings. The van der Waals surface area contributed by atoms with Crippen LogP contribution < -0.4 is 0 Å². The zero-order valence-corrected chi connectivity index (χ0v) is 14.9. The van der Waals surface area contributed by atoms with Crippen LogP contribution in [0.5, 0.6) is 0 Å². The first kappa shape index (κ1) is 16.3. The second kappa shape index (κ2) is 7.27. The number of carbonyl (C=O) groups excluding carboxylic acids is 1. The van der Waals surface area contributed by atoms with E-state index in [1.54, 1.807) is 11.8 Å². The number of Topliss-reactive ketones (excluding diaryl/α,β-unsaturated/α-hetero) is 1. The minimum atomic E-state index is 0.126. The Kier molecular flexibility index (Phi) is 5.65. The molecular weight excluding hydrogens is 348 g/mol. The van der Waals surface area contributed by atoms with Crippen LogP contribution in [0, 0.1) is 0 Å². The molecule has 2 rings (SSSR count). The summed E-state index contributed by atoms with van der Waals surface area (Å²) in [6, 6.07) is 7.77. The lowest BCUT2D eigenvalue weighted by Gasteiger charge is -2.06. The number of hydrogen-bond acceptors (Lipinski definition) is 3. The van der Waals surface area contributed by atoms with Crippen LogP contribution in [0.4, 0.5) is 0 Å². The molecule has 0 unspecified atom stereocenters. The van der Waals surface area contributed by atoms with Gasteiger partial charge in [-0.05, 0) is 47.7 Å². The van der Waals surface area contributed by atoms with E-state index >= 15 is 0 Å². The van der Waals surface area contributed by atoms with E-state index in [0.717, 1.165) is 34.4 Å². The lowest BCUT2D eigenvalue weighted by molar-refractivity contribution is 0.0990. The topological polar surface area (TPSA) is 34.9 Å². The third kappa shape index (κ3) is 3.58. The van der Waals surface area contributed by atoms with E-state index in [0.29, 0.717) is 6.42 Å². The molecule has 0 bridgehead atoms. The van der Waals surface area contributed by atoms with E-state index in [2.05, 4.69) is 28.0 Å². The van der Waals surface area contributed by atoms with Crippen LogP contribution in [0.2, 0.25) is 0 Å².